The zero-order valence-electron chi connectivity index (χ0n) is 14.3. The van der Waals surface area contributed by atoms with Gasteiger partial charge in [-0.25, -0.2) is 8.42 Å². The van der Waals surface area contributed by atoms with Crippen LogP contribution >= 0.6 is 0 Å². The Hall–Kier alpha value is -1.60. The number of nitrogens with one attached hydrogen (secondary N) is 1. The number of ether oxygens (including phenoxy) is 2. The Morgan fingerprint density at radius 1 is 1.22 bits per heavy atom. The largest absolute Gasteiger partial charge is 0.494 e. The normalized spacial score (nSPS) is 12.0. The number of esters is 1. The van der Waals surface area contributed by atoms with Crippen LogP contribution in [-0.2, 0) is 26.0 Å². The van der Waals surface area contributed by atoms with E-state index in [-0.39, 0.29) is 4.90 Å². The summed E-state index contributed by atoms with van der Waals surface area (Å²) in [7, 11) is -3.78. The first-order valence-corrected chi connectivity index (χ1v) is 9.04. The zero-order valence-corrected chi connectivity index (χ0v) is 15.1. The average Bonchev–Trinajstić information content (AvgIpc) is 2.44. The highest BCUT2D eigenvalue weighted by Gasteiger charge is 2.20. The summed E-state index contributed by atoms with van der Waals surface area (Å²) in [6.07, 6.45) is 0.644. The van der Waals surface area contributed by atoms with Gasteiger partial charge in [0, 0.05) is 0 Å². The molecule has 0 aromatic heterocycles. The lowest BCUT2D eigenvalue weighted by Gasteiger charge is -2.19. The van der Waals surface area contributed by atoms with Crippen LogP contribution in [0.15, 0.2) is 23.1 Å². The number of hydrogen-bond acceptors (Lipinski definition) is 5. The van der Waals surface area contributed by atoms with E-state index in [1.165, 1.54) is 6.07 Å². The third-order valence-electron chi connectivity index (χ3n) is 2.85. The van der Waals surface area contributed by atoms with Gasteiger partial charge < -0.3 is 9.47 Å². The Labute approximate surface area is 138 Å². The van der Waals surface area contributed by atoms with E-state index >= 15 is 0 Å². The van der Waals surface area contributed by atoms with Crippen LogP contribution in [-0.4, -0.2) is 33.1 Å². The molecule has 0 saturated heterocycles. The molecule has 6 nitrogen and oxygen atoms in total. The van der Waals surface area contributed by atoms with Gasteiger partial charge in [-0.2, -0.15) is 4.72 Å². The number of rotatable bonds is 7. The number of aryl methyl sites for hydroxylation is 1. The topological polar surface area (TPSA) is 81.7 Å². The van der Waals surface area contributed by atoms with Crippen LogP contribution in [0.2, 0.25) is 0 Å². The Kier molecular flexibility index (Phi) is 6.58. The molecule has 7 heteroatoms. The van der Waals surface area contributed by atoms with E-state index in [0.717, 1.165) is 5.56 Å². The number of hydrogen-bond donors (Lipinski definition) is 1. The molecule has 23 heavy (non-hydrogen) atoms. The quantitative estimate of drug-likeness (QED) is 0.768. The van der Waals surface area contributed by atoms with Crippen molar-refractivity contribution in [2.75, 3.05) is 13.2 Å². The lowest BCUT2D eigenvalue weighted by molar-refractivity contribution is -0.153. The molecule has 0 heterocycles. The van der Waals surface area contributed by atoms with Crippen LogP contribution in [0.5, 0.6) is 5.75 Å². The molecule has 1 aromatic carbocycles. The molecule has 0 bridgehead atoms. The smallest absolute Gasteiger partial charge is 0.321 e. The minimum Gasteiger partial charge on any atom is -0.494 e. The highest BCUT2D eigenvalue weighted by Crippen LogP contribution is 2.23. The second-order valence-corrected chi connectivity index (χ2v) is 7.73. The molecule has 0 fully saturated rings. The maximum atomic E-state index is 12.3. The van der Waals surface area contributed by atoms with E-state index in [0.29, 0.717) is 18.8 Å². The van der Waals surface area contributed by atoms with Gasteiger partial charge in [-0.3, -0.25) is 4.79 Å². The Morgan fingerprint density at radius 2 is 1.87 bits per heavy atom. The first kappa shape index (κ1) is 19.4. The molecule has 0 atom stereocenters. The Balaban J connectivity index is 2.86. The van der Waals surface area contributed by atoms with Crippen LogP contribution in [0.1, 0.15) is 40.2 Å². The number of benzene rings is 1. The van der Waals surface area contributed by atoms with Gasteiger partial charge in [-0.15, -0.1) is 0 Å². The van der Waals surface area contributed by atoms with Gasteiger partial charge in [-0.1, -0.05) is 6.92 Å². The summed E-state index contributed by atoms with van der Waals surface area (Å²) in [6, 6.07) is 4.65. The van der Waals surface area contributed by atoms with Gasteiger partial charge in [0.25, 0.3) is 0 Å². The lowest BCUT2D eigenvalue weighted by Crippen LogP contribution is -2.34. The van der Waals surface area contributed by atoms with Crippen molar-refractivity contribution in [3.05, 3.63) is 23.8 Å². The number of carbonyl (C=O) groups excluding carboxylic acids is 1. The molecular formula is C16H25NO5S. The van der Waals surface area contributed by atoms with Crippen molar-refractivity contribution < 1.29 is 22.7 Å². The van der Waals surface area contributed by atoms with Gasteiger partial charge in [0.1, 0.15) is 17.9 Å². The summed E-state index contributed by atoms with van der Waals surface area (Å²) in [5.41, 5.74) is 0.142. The lowest BCUT2D eigenvalue weighted by atomic mass is 10.1. The fraction of sp³-hybridized carbons (Fsp3) is 0.562. The Morgan fingerprint density at radius 3 is 2.39 bits per heavy atom. The van der Waals surface area contributed by atoms with E-state index in [2.05, 4.69) is 4.72 Å². The molecule has 0 aliphatic heterocycles. The van der Waals surface area contributed by atoms with Crippen molar-refractivity contribution in [2.24, 2.45) is 0 Å². The molecule has 0 unspecified atom stereocenters. The predicted molar refractivity (Wildman–Crippen MR) is 88.0 cm³/mol. The molecule has 0 saturated carbocycles. The van der Waals surface area contributed by atoms with Crippen LogP contribution in [0.3, 0.4) is 0 Å². The summed E-state index contributed by atoms with van der Waals surface area (Å²) >= 11 is 0. The highest BCUT2D eigenvalue weighted by atomic mass is 32.2. The maximum Gasteiger partial charge on any atom is 0.321 e. The van der Waals surface area contributed by atoms with Crippen molar-refractivity contribution in [3.8, 4) is 5.75 Å². The second-order valence-electron chi connectivity index (χ2n) is 5.97. The molecule has 0 aliphatic carbocycles. The second kappa shape index (κ2) is 7.79. The SMILES string of the molecule is CCOc1ccc(S(=O)(=O)NCC(=O)OC(C)(C)C)cc1CC. The van der Waals surface area contributed by atoms with E-state index in [4.69, 9.17) is 9.47 Å². The van der Waals surface area contributed by atoms with Crippen molar-refractivity contribution in [1.29, 1.82) is 0 Å². The van der Waals surface area contributed by atoms with Crippen LogP contribution < -0.4 is 9.46 Å². The van der Waals surface area contributed by atoms with Gasteiger partial charge in [0.2, 0.25) is 10.0 Å². The first-order valence-electron chi connectivity index (χ1n) is 7.56. The molecule has 1 rings (SSSR count). The number of carbonyl (C=O) groups is 1. The van der Waals surface area contributed by atoms with E-state index in [1.807, 2.05) is 13.8 Å². The van der Waals surface area contributed by atoms with Crippen molar-refractivity contribution in [3.63, 3.8) is 0 Å². The van der Waals surface area contributed by atoms with Gasteiger partial charge in [0.05, 0.1) is 11.5 Å². The molecule has 0 radical (unpaired) electrons. The third-order valence-corrected chi connectivity index (χ3v) is 4.25. The fourth-order valence-electron chi connectivity index (χ4n) is 1.91. The van der Waals surface area contributed by atoms with Crippen LogP contribution in [0, 0.1) is 0 Å². The molecule has 130 valence electrons. The van der Waals surface area contributed by atoms with Crippen LogP contribution in [0.25, 0.3) is 0 Å². The van der Waals surface area contributed by atoms with Crippen LogP contribution in [0.4, 0.5) is 0 Å². The predicted octanol–water partition coefficient (Wildman–Crippen LogP) is 2.27. The van der Waals surface area contributed by atoms with E-state index in [9.17, 15) is 13.2 Å². The summed E-state index contributed by atoms with van der Waals surface area (Å²) < 4.78 is 37.4. The summed E-state index contributed by atoms with van der Waals surface area (Å²) in [4.78, 5) is 11.7. The van der Waals surface area contributed by atoms with Gasteiger partial charge >= 0.3 is 5.97 Å². The monoisotopic (exact) mass is 343 g/mol. The third kappa shape index (κ3) is 6.19. The number of sulfonamides is 1. The summed E-state index contributed by atoms with van der Waals surface area (Å²) in [6.45, 7) is 9.05. The Bertz CT molecular complexity index is 647. The van der Waals surface area contributed by atoms with Gasteiger partial charge in [0.15, 0.2) is 0 Å². The first-order chi connectivity index (χ1) is 10.6. The van der Waals surface area contributed by atoms with Crippen molar-refractivity contribution in [1.82, 2.24) is 4.72 Å². The van der Waals surface area contributed by atoms with E-state index < -0.39 is 28.1 Å². The highest BCUT2D eigenvalue weighted by molar-refractivity contribution is 7.89. The zero-order chi connectivity index (χ0) is 17.7. The van der Waals surface area contributed by atoms with E-state index in [1.54, 1.807) is 32.9 Å². The van der Waals surface area contributed by atoms with Gasteiger partial charge in [-0.05, 0) is 57.9 Å². The molecule has 1 aromatic rings. The standard InChI is InChI=1S/C16H25NO5S/c1-6-12-10-13(8-9-14(12)21-7-2)23(19,20)17-11-15(18)22-16(3,4)5/h8-10,17H,6-7,11H2,1-5H3. The summed E-state index contributed by atoms with van der Waals surface area (Å²) in [5, 5.41) is 0. The molecule has 0 aliphatic rings. The molecule has 0 amide bonds. The van der Waals surface area contributed by atoms with Crippen molar-refractivity contribution in [2.45, 2.75) is 51.5 Å². The average molecular weight is 343 g/mol. The minimum absolute atomic E-state index is 0.0985. The summed E-state index contributed by atoms with van der Waals surface area (Å²) in [5.74, 6) is 0.0452. The van der Waals surface area contributed by atoms with Crippen molar-refractivity contribution >= 4 is 16.0 Å². The molecular weight excluding hydrogens is 318 g/mol. The molecule has 0 spiro atoms. The fourth-order valence-corrected chi connectivity index (χ4v) is 2.93. The molecule has 1 N–H and O–H groups in total. The maximum absolute atomic E-state index is 12.3. The minimum atomic E-state index is -3.78.